The molecule has 0 spiro atoms. The molecule has 1 heteroatoms. The standard InChI is InChI=1S/C13H21N/c1-8-11-12-10(14(8)9-5-6-9)4-3-7-13(11,12)2/h8-12H,3-7H2,1-2H3. The van der Waals surface area contributed by atoms with Crippen molar-refractivity contribution in [2.24, 2.45) is 17.3 Å². The molecular formula is C13H21N. The maximum Gasteiger partial charge on any atom is 0.0138 e. The zero-order valence-corrected chi connectivity index (χ0v) is 9.37. The van der Waals surface area contributed by atoms with Crippen LogP contribution in [0.5, 0.6) is 0 Å². The van der Waals surface area contributed by atoms with Crippen molar-refractivity contribution in [1.82, 2.24) is 4.90 Å². The van der Waals surface area contributed by atoms with Gasteiger partial charge >= 0.3 is 0 Å². The minimum atomic E-state index is 0.785. The maximum absolute atomic E-state index is 2.91. The lowest BCUT2D eigenvalue weighted by Crippen LogP contribution is -2.45. The van der Waals surface area contributed by atoms with Crippen LogP contribution >= 0.6 is 0 Å². The van der Waals surface area contributed by atoms with Crippen LogP contribution in [0.1, 0.15) is 46.0 Å². The van der Waals surface area contributed by atoms with E-state index in [1.807, 2.05) is 0 Å². The van der Waals surface area contributed by atoms with Crippen LogP contribution in [0.4, 0.5) is 0 Å². The smallest absolute Gasteiger partial charge is 0.0138 e. The number of hydrogen-bond acceptors (Lipinski definition) is 1. The minimum absolute atomic E-state index is 0.785. The molecule has 4 aliphatic rings. The molecule has 1 heterocycles. The Balaban J connectivity index is 1.69. The molecule has 3 aliphatic carbocycles. The summed E-state index contributed by atoms with van der Waals surface area (Å²) in [6.45, 7) is 5.07. The lowest BCUT2D eigenvalue weighted by atomic mass is 9.83. The normalized spacial score (nSPS) is 61.3. The van der Waals surface area contributed by atoms with Crippen LogP contribution in [0.2, 0.25) is 0 Å². The zero-order chi connectivity index (χ0) is 9.50. The molecule has 1 aliphatic heterocycles. The first-order valence-electron chi connectivity index (χ1n) is 6.51. The third-order valence-electron chi connectivity index (χ3n) is 5.77. The zero-order valence-electron chi connectivity index (χ0n) is 9.37. The molecule has 0 radical (unpaired) electrons. The molecule has 0 bridgehead atoms. The molecule has 5 unspecified atom stereocenters. The third kappa shape index (κ3) is 0.743. The van der Waals surface area contributed by atoms with Crippen molar-refractivity contribution in [3.8, 4) is 0 Å². The van der Waals surface area contributed by atoms with Gasteiger partial charge in [0.15, 0.2) is 0 Å². The topological polar surface area (TPSA) is 3.24 Å². The van der Waals surface area contributed by atoms with E-state index in [2.05, 4.69) is 18.7 Å². The van der Waals surface area contributed by atoms with Gasteiger partial charge in [-0.05, 0) is 49.9 Å². The van der Waals surface area contributed by atoms with Gasteiger partial charge in [0.05, 0.1) is 0 Å². The Morgan fingerprint density at radius 1 is 1.14 bits per heavy atom. The lowest BCUT2D eigenvalue weighted by molar-refractivity contribution is 0.0844. The van der Waals surface area contributed by atoms with Crippen molar-refractivity contribution >= 4 is 0 Å². The van der Waals surface area contributed by atoms with Crippen molar-refractivity contribution in [3.63, 3.8) is 0 Å². The SMILES string of the molecule is CC1C2C3C(CCCC23C)N1C1CC1. The number of hydrogen-bond donors (Lipinski definition) is 0. The summed E-state index contributed by atoms with van der Waals surface area (Å²) in [4.78, 5) is 2.91. The van der Waals surface area contributed by atoms with Crippen molar-refractivity contribution in [2.75, 3.05) is 0 Å². The summed E-state index contributed by atoms with van der Waals surface area (Å²) in [5.41, 5.74) is 0.785. The van der Waals surface area contributed by atoms with Gasteiger partial charge in [0.1, 0.15) is 0 Å². The van der Waals surface area contributed by atoms with Crippen molar-refractivity contribution in [3.05, 3.63) is 0 Å². The predicted molar refractivity (Wildman–Crippen MR) is 57.0 cm³/mol. The number of nitrogens with zero attached hydrogens (tertiary/aromatic N) is 1. The minimum Gasteiger partial charge on any atom is -0.294 e. The van der Waals surface area contributed by atoms with Gasteiger partial charge in [-0.2, -0.15) is 0 Å². The molecule has 3 saturated carbocycles. The highest BCUT2D eigenvalue weighted by molar-refractivity contribution is 5.24. The van der Waals surface area contributed by atoms with E-state index < -0.39 is 0 Å². The van der Waals surface area contributed by atoms with Gasteiger partial charge in [-0.25, -0.2) is 0 Å². The summed E-state index contributed by atoms with van der Waals surface area (Å²) in [7, 11) is 0. The molecule has 0 N–H and O–H groups in total. The Bertz CT molecular complexity index is 277. The van der Waals surface area contributed by atoms with Gasteiger partial charge in [0, 0.05) is 18.1 Å². The molecule has 1 nitrogen and oxygen atoms in total. The average molecular weight is 191 g/mol. The number of likely N-dealkylation sites (tertiary alicyclic amines) is 1. The van der Waals surface area contributed by atoms with Gasteiger partial charge in [0.2, 0.25) is 0 Å². The van der Waals surface area contributed by atoms with Gasteiger partial charge in [0.25, 0.3) is 0 Å². The van der Waals surface area contributed by atoms with Crippen molar-refractivity contribution in [1.29, 1.82) is 0 Å². The molecule has 4 rings (SSSR count). The van der Waals surface area contributed by atoms with E-state index in [1.54, 1.807) is 0 Å². The van der Waals surface area contributed by atoms with E-state index in [9.17, 15) is 0 Å². The summed E-state index contributed by atoms with van der Waals surface area (Å²) < 4.78 is 0. The molecule has 5 atom stereocenters. The van der Waals surface area contributed by atoms with Crippen molar-refractivity contribution in [2.45, 2.75) is 64.1 Å². The summed E-state index contributed by atoms with van der Waals surface area (Å²) in [5.74, 6) is 2.18. The highest BCUT2D eigenvalue weighted by atomic mass is 15.3. The van der Waals surface area contributed by atoms with E-state index in [1.165, 1.54) is 32.1 Å². The number of rotatable bonds is 1. The van der Waals surface area contributed by atoms with E-state index in [0.29, 0.717) is 0 Å². The van der Waals surface area contributed by atoms with Gasteiger partial charge in [-0.15, -0.1) is 0 Å². The first-order valence-corrected chi connectivity index (χ1v) is 6.51. The molecule has 1 saturated heterocycles. The second-order valence-corrected chi connectivity index (χ2v) is 6.44. The summed E-state index contributed by atoms with van der Waals surface area (Å²) in [6, 6.07) is 2.93. The fourth-order valence-corrected chi connectivity index (χ4v) is 5.17. The first-order chi connectivity index (χ1) is 6.73. The highest BCUT2D eigenvalue weighted by Gasteiger charge is 2.73. The monoisotopic (exact) mass is 191 g/mol. The Kier molecular flexibility index (Phi) is 1.29. The summed E-state index contributed by atoms with van der Waals surface area (Å²) >= 11 is 0. The third-order valence-corrected chi connectivity index (χ3v) is 5.77. The second-order valence-electron chi connectivity index (χ2n) is 6.44. The highest BCUT2D eigenvalue weighted by Crippen LogP contribution is 2.73. The van der Waals surface area contributed by atoms with Crippen LogP contribution in [-0.4, -0.2) is 23.0 Å². The lowest BCUT2D eigenvalue weighted by Gasteiger charge is -2.39. The van der Waals surface area contributed by atoms with E-state index >= 15 is 0 Å². The molecule has 78 valence electrons. The molecule has 0 aromatic rings. The Morgan fingerprint density at radius 3 is 2.64 bits per heavy atom. The Labute approximate surface area is 86.9 Å². The first kappa shape index (κ1) is 8.15. The molecular weight excluding hydrogens is 170 g/mol. The Hall–Kier alpha value is -0.0400. The van der Waals surface area contributed by atoms with Crippen LogP contribution in [0, 0.1) is 17.3 Å². The van der Waals surface area contributed by atoms with Gasteiger partial charge < -0.3 is 0 Å². The largest absolute Gasteiger partial charge is 0.294 e. The molecule has 0 aromatic carbocycles. The number of piperidine rings is 1. The van der Waals surface area contributed by atoms with Crippen LogP contribution in [0.15, 0.2) is 0 Å². The van der Waals surface area contributed by atoms with Crippen LogP contribution < -0.4 is 0 Å². The quantitative estimate of drug-likeness (QED) is 0.616. The van der Waals surface area contributed by atoms with Gasteiger partial charge in [-0.1, -0.05) is 13.3 Å². The van der Waals surface area contributed by atoms with Crippen LogP contribution in [-0.2, 0) is 0 Å². The molecule has 4 fully saturated rings. The van der Waals surface area contributed by atoms with Crippen LogP contribution in [0.3, 0.4) is 0 Å². The summed E-state index contributed by atoms with van der Waals surface area (Å²) in [5, 5.41) is 0. The second kappa shape index (κ2) is 2.21. The van der Waals surface area contributed by atoms with Gasteiger partial charge in [-0.3, -0.25) is 4.90 Å². The fourth-order valence-electron chi connectivity index (χ4n) is 5.17. The molecule has 14 heavy (non-hydrogen) atoms. The number of fused-ring (bicyclic) bond motifs is 1. The predicted octanol–water partition coefficient (Wildman–Crippen LogP) is 2.66. The van der Waals surface area contributed by atoms with E-state index in [-0.39, 0.29) is 0 Å². The molecule has 0 amide bonds. The Morgan fingerprint density at radius 2 is 1.93 bits per heavy atom. The summed E-state index contributed by atoms with van der Waals surface area (Å²) in [6.07, 6.45) is 7.54. The maximum atomic E-state index is 2.91. The van der Waals surface area contributed by atoms with E-state index in [0.717, 1.165) is 35.4 Å². The average Bonchev–Trinajstić information content (AvgIpc) is 2.99. The van der Waals surface area contributed by atoms with Crippen molar-refractivity contribution < 1.29 is 0 Å². The van der Waals surface area contributed by atoms with Crippen LogP contribution in [0.25, 0.3) is 0 Å². The van der Waals surface area contributed by atoms with E-state index in [4.69, 9.17) is 0 Å². The fraction of sp³-hybridized carbons (Fsp3) is 1.00. The molecule has 0 aromatic heterocycles.